The Morgan fingerprint density at radius 3 is 1.36 bits per heavy atom. The second kappa shape index (κ2) is 26.7. The molecule has 1 nitrogen and oxygen atoms in total. The minimum absolute atomic E-state index is 0.368. The smallest absolute Gasteiger partial charge is 0.118 e. The Morgan fingerprint density at radius 1 is 0.643 bits per heavy atom. The Labute approximate surface area is 185 Å². The van der Waals surface area contributed by atoms with Gasteiger partial charge in [0.25, 0.3) is 0 Å². The summed E-state index contributed by atoms with van der Waals surface area (Å²) in [6.45, 7) is 6.40. The van der Waals surface area contributed by atoms with E-state index in [2.05, 4.69) is 26.4 Å². The molecule has 1 aromatic carbocycles. The summed E-state index contributed by atoms with van der Waals surface area (Å²) < 4.78 is 0. The summed E-state index contributed by atoms with van der Waals surface area (Å²) in [4.78, 5) is 0. The average molecular weight is 429 g/mol. The lowest BCUT2D eigenvalue weighted by atomic mass is 10.1. The van der Waals surface area contributed by atoms with Gasteiger partial charge in [0.2, 0.25) is 0 Å². The molecule has 0 radical (unpaired) electrons. The van der Waals surface area contributed by atoms with Gasteiger partial charge >= 0.3 is 0 Å². The van der Waals surface area contributed by atoms with Crippen molar-refractivity contribution in [3.05, 3.63) is 29.8 Å². The number of unbranched alkanes of at least 4 members (excludes halogenated alkanes) is 10. The number of para-hydroxylation sites is 1. The van der Waals surface area contributed by atoms with Crippen LogP contribution in [0.5, 0.6) is 5.75 Å². The molecule has 0 amide bonds. The van der Waals surface area contributed by atoms with Crippen molar-refractivity contribution in [1.82, 2.24) is 0 Å². The van der Waals surface area contributed by atoms with Crippen LogP contribution in [0.4, 0.5) is 0 Å². The summed E-state index contributed by atoms with van der Waals surface area (Å²) in [7, 11) is 0. The monoisotopic (exact) mass is 428 g/mol. The number of thioether (sulfide) groups is 2. The fourth-order valence-electron chi connectivity index (χ4n) is 2.62. The third-order valence-electron chi connectivity index (χ3n) is 4.52. The van der Waals surface area contributed by atoms with Gasteiger partial charge < -0.3 is 5.11 Å². The van der Waals surface area contributed by atoms with Crippen LogP contribution in [0.2, 0.25) is 0 Å². The zero-order chi connectivity index (χ0) is 21.3. The summed E-state index contributed by atoms with van der Waals surface area (Å²) in [5, 5.41) is 8.92. The minimum Gasteiger partial charge on any atom is -0.508 e. The molecule has 1 aromatic rings. The molecule has 1 N–H and O–H groups in total. The lowest BCUT2D eigenvalue weighted by molar-refractivity contribution is 0.471. The summed E-state index contributed by atoms with van der Waals surface area (Å²) >= 11 is 3.93. The van der Waals surface area contributed by atoms with Gasteiger partial charge in [-0.3, -0.25) is 0 Å². The molecule has 28 heavy (non-hydrogen) atoms. The molecule has 166 valence electrons. The van der Waals surface area contributed by atoms with Gasteiger partial charge in [-0.25, -0.2) is 0 Å². The van der Waals surface area contributed by atoms with Gasteiger partial charge in [-0.05, 0) is 55.4 Å². The maximum absolute atomic E-state index is 8.92. The molecule has 0 aliphatic heterocycles. The van der Waals surface area contributed by atoms with E-state index in [4.69, 9.17) is 5.11 Å². The number of hydrogen-bond acceptors (Lipinski definition) is 3. The lowest BCUT2D eigenvalue weighted by Crippen LogP contribution is -1.80. The van der Waals surface area contributed by atoms with Gasteiger partial charge in [-0.15, -0.1) is 0 Å². The minimum atomic E-state index is 0.368. The van der Waals surface area contributed by atoms with Crippen molar-refractivity contribution in [2.24, 2.45) is 0 Å². The quantitative estimate of drug-likeness (QED) is 0.298. The van der Waals surface area contributed by atoms with E-state index in [1.807, 2.05) is 48.6 Å². The fraction of sp³-hybridized carbons (Fsp3) is 0.760. The molecular formula is C25H48OS2. The normalized spacial score (nSPS) is 9.89. The van der Waals surface area contributed by atoms with E-state index in [0.29, 0.717) is 5.75 Å². The Bertz CT molecular complexity index is 343. The predicted molar refractivity (Wildman–Crippen MR) is 136 cm³/mol. The van der Waals surface area contributed by atoms with Crippen LogP contribution in [0.1, 0.15) is 96.5 Å². The summed E-state index contributed by atoms with van der Waals surface area (Å²) in [5.41, 5.74) is 0.924. The van der Waals surface area contributed by atoms with E-state index < -0.39 is 0 Å². The third kappa shape index (κ3) is 25.7. The highest BCUT2D eigenvalue weighted by Crippen LogP contribution is 2.12. The van der Waals surface area contributed by atoms with Crippen LogP contribution in [-0.4, -0.2) is 29.1 Å². The van der Waals surface area contributed by atoms with Crippen molar-refractivity contribution in [1.29, 1.82) is 0 Å². The summed E-state index contributed by atoms with van der Waals surface area (Å²) in [6, 6.07) is 7.25. The summed E-state index contributed by atoms with van der Waals surface area (Å²) in [6.07, 6.45) is 21.5. The highest BCUT2D eigenvalue weighted by atomic mass is 32.2. The number of benzene rings is 1. The number of phenols is 1. The number of rotatable bonds is 14. The predicted octanol–water partition coefficient (Wildman–Crippen LogP) is 9.12. The molecule has 0 bridgehead atoms. The highest BCUT2D eigenvalue weighted by Gasteiger charge is 1.89. The molecule has 0 saturated heterocycles. The van der Waals surface area contributed by atoms with Gasteiger partial charge in [-0.2, -0.15) is 23.5 Å². The zero-order valence-corrected chi connectivity index (χ0v) is 21.1. The van der Waals surface area contributed by atoms with E-state index in [-0.39, 0.29) is 0 Å². The van der Waals surface area contributed by atoms with Gasteiger partial charge in [0.1, 0.15) is 5.75 Å². The number of hydrogen-bond donors (Lipinski definition) is 1. The van der Waals surface area contributed by atoms with E-state index in [1.165, 1.54) is 88.6 Å². The molecule has 0 atom stereocenters. The average Bonchev–Trinajstić information content (AvgIpc) is 2.71. The second-order valence-electron chi connectivity index (χ2n) is 7.31. The first-order valence-corrected chi connectivity index (χ1v) is 14.1. The molecule has 1 rings (SSSR count). The van der Waals surface area contributed by atoms with Crippen molar-refractivity contribution >= 4 is 23.5 Å². The van der Waals surface area contributed by atoms with Crippen LogP contribution in [-0.2, 0) is 0 Å². The molecular weight excluding hydrogens is 380 g/mol. The topological polar surface area (TPSA) is 20.2 Å². The van der Waals surface area contributed by atoms with Crippen molar-refractivity contribution in [2.75, 3.05) is 24.0 Å². The Kier molecular flexibility index (Phi) is 28.5. The van der Waals surface area contributed by atoms with E-state index in [1.54, 1.807) is 6.07 Å². The Hall–Kier alpha value is -0.280. The van der Waals surface area contributed by atoms with Crippen molar-refractivity contribution in [3.63, 3.8) is 0 Å². The Balaban J connectivity index is 0. The molecule has 0 heterocycles. The van der Waals surface area contributed by atoms with Crippen molar-refractivity contribution in [3.8, 4) is 5.75 Å². The lowest BCUT2D eigenvalue weighted by Gasteiger charge is -1.97. The molecule has 0 aliphatic carbocycles. The first kappa shape index (κ1) is 29.9. The fourth-order valence-corrected chi connectivity index (χ4v) is 3.60. The first-order valence-electron chi connectivity index (χ1n) is 11.4. The molecule has 0 unspecified atom stereocenters. The SMILES string of the molecule is CCCCCCCCSC.CCCCCCCCSC.Cc1ccccc1O. The Morgan fingerprint density at radius 2 is 1.04 bits per heavy atom. The van der Waals surface area contributed by atoms with Crippen molar-refractivity contribution < 1.29 is 5.11 Å². The number of aromatic hydroxyl groups is 1. The molecule has 0 spiro atoms. The van der Waals surface area contributed by atoms with Gasteiger partial charge in [0.15, 0.2) is 0 Å². The second-order valence-corrected chi connectivity index (χ2v) is 9.28. The molecule has 3 heteroatoms. The van der Waals surface area contributed by atoms with Gasteiger partial charge in [0.05, 0.1) is 0 Å². The molecule has 0 fully saturated rings. The molecule has 0 aromatic heterocycles. The van der Waals surface area contributed by atoms with Crippen LogP contribution in [0.3, 0.4) is 0 Å². The number of phenolic OH excluding ortho intramolecular Hbond substituents is 1. The largest absolute Gasteiger partial charge is 0.508 e. The standard InChI is InChI=1S/2C9H20S.C7H8O/c2*1-3-4-5-6-7-8-9-10-2;1-6-4-2-3-5-7(6)8/h2*3-9H2,1-2H3;2-5,8H,1H3. The maximum atomic E-state index is 8.92. The van der Waals surface area contributed by atoms with Crippen molar-refractivity contribution in [2.45, 2.75) is 97.8 Å². The van der Waals surface area contributed by atoms with Gasteiger partial charge in [-0.1, -0.05) is 96.3 Å². The maximum Gasteiger partial charge on any atom is 0.118 e. The summed E-state index contributed by atoms with van der Waals surface area (Å²) in [5.74, 6) is 3.07. The first-order chi connectivity index (χ1) is 13.6. The third-order valence-corrected chi connectivity index (χ3v) is 5.91. The van der Waals surface area contributed by atoms with E-state index in [0.717, 1.165) is 5.56 Å². The van der Waals surface area contributed by atoms with Crippen LogP contribution >= 0.6 is 23.5 Å². The molecule has 0 saturated carbocycles. The van der Waals surface area contributed by atoms with Crippen LogP contribution < -0.4 is 0 Å². The highest BCUT2D eigenvalue weighted by molar-refractivity contribution is 7.98. The van der Waals surface area contributed by atoms with Crippen LogP contribution in [0.25, 0.3) is 0 Å². The van der Waals surface area contributed by atoms with E-state index in [9.17, 15) is 0 Å². The molecule has 0 aliphatic rings. The van der Waals surface area contributed by atoms with Crippen LogP contribution in [0.15, 0.2) is 24.3 Å². The van der Waals surface area contributed by atoms with E-state index >= 15 is 0 Å². The van der Waals surface area contributed by atoms with Gasteiger partial charge in [0, 0.05) is 0 Å². The number of aryl methyl sites for hydroxylation is 1. The zero-order valence-electron chi connectivity index (χ0n) is 19.5. The van der Waals surface area contributed by atoms with Crippen LogP contribution in [0, 0.1) is 6.92 Å².